The van der Waals surface area contributed by atoms with E-state index in [1.807, 2.05) is 79.0 Å². The van der Waals surface area contributed by atoms with Gasteiger partial charge in [-0.15, -0.1) is 0 Å². The molecule has 62 heavy (non-hydrogen) atoms. The molecule has 0 amide bonds. The number of furan rings is 1. The Bertz CT molecular complexity index is 3500. The Balaban J connectivity index is 1.20. The number of nitrogens with zero attached hydrogens (tertiary/aromatic N) is 5. The Morgan fingerprint density at radius 3 is 1.50 bits per heavy atom. The van der Waals surface area contributed by atoms with Crippen molar-refractivity contribution in [3.63, 3.8) is 0 Å². The Morgan fingerprint density at radius 1 is 0.339 bits per heavy atom. The summed E-state index contributed by atoms with van der Waals surface area (Å²) >= 11 is 0. The lowest BCUT2D eigenvalue weighted by molar-refractivity contribution is 0.669. The summed E-state index contributed by atoms with van der Waals surface area (Å²) in [6.07, 6.45) is 2.00. The number of fused-ring (bicyclic) bond motifs is 6. The molecule has 0 atom stereocenters. The largest absolute Gasteiger partial charge is 0.456 e. The Hall–Kier alpha value is -8.48. The van der Waals surface area contributed by atoms with Crippen molar-refractivity contribution in [1.82, 2.24) is 24.5 Å². The lowest BCUT2D eigenvalue weighted by atomic mass is 9.88. The Morgan fingerprint density at radius 2 is 0.871 bits per heavy atom. The van der Waals surface area contributed by atoms with E-state index >= 15 is 0 Å². The topological polar surface area (TPSA) is 69.6 Å². The van der Waals surface area contributed by atoms with E-state index in [9.17, 15) is 0 Å². The maximum atomic E-state index is 6.51. The lowest BCUT2D eigenvalue weighted by Gasteiger charge is -2.19. The fourth-order valence-corrected chi connectivity index (χ4v) is 8.86. The summed E-state index contributed by atoms with van der Waals surface area (Å²) in [5, 5.41) is 4.37. The molecule has 8 aromatic carbocycles. The third-order valence-corrected chi connectivity index (χ3v) is 11.7. The molecule has 0 saturated carbocycles. The fourth-order valence-electron chi connectivity index (χ4n) is 8.86. The van der Waals surface area contributed by atoms with Gasteiger partial charge in [0.25, 0.3) is 0 Å². The Kier molecular flexibility index (Phi) is 8.38. The predicted molar refractivity (Wildman–Crippen MR) is 252 cm³/mol. The second-order valence-corrected chi connectivity index (χ2v) is 15.4. The second kappa shape index (κ2) is 14.7. The molecule has 0 aliphatic carbocycles. The molecule has 6 nitrogen and oxygen atoms in total. The maximum Gasteiger partial charge on any atom is 0.167 e. The zero-order valence-corrected chi connectivity index (χ0v) is 33.4. The van der Waals surface area contributed by atoms with E-state index in [1.54, 1.807) is 0 Å². The van der Waals surface area contributed by atoms with Crippen LogP contribution < -0.4 is 0 Å². The molecule has 0 radical (unpaired) electrons. The van der Waals surface area contributed by atoms with Gasteiger partial charge in [0.15, 0.2) is 17.5 Å². The van der Waals surface area contributed by atoms with E-state index in [2.05, 4.69) is 138 Å². The molecule has 12 aromatic rings. The van der Waals surface area contributed by atoms with Gasteiger partial charge >= 0.3 is 0 Å². The molecule has 12 rings (SSSR count). The zero-order valence-electron chi connectivity index (χ0n) is 33.4. The summed E-state index contributed by atoms with van der Waals surface area (Å²) in [5.74, 6) is 2.35. The monoisotopic (exact) mass is 793 g/mol. The van der Waals surface area contributed by atoms with Crippen LogP contribution in [0.4, 0.5) is 0 Å². The van der Waals surface area contributed by atoms with Crippen LogP contribution in [0.5, 0.6) is 0 Å². The molecule has 0 unspecified atom stereocenters. The van der Waals surface area contributed by atoms with Crippen molar-refractivity contribution >= 4 is 43.7 Å². The predicted octanol–water partition coefficient (Wildman–Crippen LogP) is 14.3. The van der Waals surface area contributed by atoms with Crippen molar-refractivity contribution in [3.05, 3.63) is 212 Å². The number of para-hydroxylation sites is 2. The molecule has 0 fully saturated rings. The van der Waals surface area contributed by atoms with E-state index in [1.165, 1.54) is 0 Å². The minimum Gasteiger partial charge on any atom is -0.456 e. The highest BCUT2D eigenvalue weighted by Crippen LogP contribution is 2.44. The number of pyridine rings is 1. The summed E-state index contributed by atoms with van der Waals surface area (Å²) < 4.78 is 8.75. The minimum atomic E-state index is 0.510. The standard InChI is InChI=1S/C56H35N5O/c1-5-18-36(19-6-1)41-28-17-29-42(37-20-7-2-8-21-37)52(41)40-32-47(55-59-53(38-22-9-3-10-23-38)58-54(60-55)39-24-11-4-12-25-39)56(57-35-40)61-48-30-15-13-26-43(48)45-33-46-44-27-14-16-31-50(44)62-51(46)34-49(45)61/h1-35H. The number of aromatic nitrogens is 5. The highest BCUT2D eigenvalue weighted by atomic mass is 16.3. The first-order chi connectivity index (χ1) is 30.7. The van der Waals surface area contributed by atoms with Gasteiger partial charge in [0.1, 0.15) is 17.0 Å². The molecule has 0 aliphatic rings. The lowest BCUT2D eigenvalue weighted by Crippen LogP contribution is -2.06. The van der Waals surface area contributed by atoms with Crippen molar-refractivity contribution in [2.45, 2.75) is 0 Å². The molecule has 0 saturated heterocycles. The van der Waals surface area contributed by atoms with Gasteiger partial charge in [-0.25, -0.2) is 19.9 Å². The molecule has 0 aliphatic heterocycles. The Labute approximate surface area is 357 Å². The summed E-state index contributed by atoms with van der Waals surface area (Å²) in [6, 6.07) is 71.2. The molecule has 6 heteroatoms. The fraction of sp³-hybridized carbons (Fsp3) is 0. The van der Waals surface area contributed by atoms with Gasteiger partial charge in [-0.05, 0) is 52.1 Å². The van der Waals surface area contributed by atoms with Gasteiger partial charge < -0.3 is 4.42 Å². The van der Waals surface area contributed by atoms with Crippen LogP contribution in [-0.2, 0) is 0 Å². The first-order valence-corrected chi connectivity index (χ1v) is 20.7. The SMILES string of the molecule is c1ccc(-c2nc(-c3ccccc3)nc(-c3cc(-c4c(-c5ccccc5)cccc4-c4ccccc4)cnc3-n3c4ccccc4c4cc5c(cc43)oc3ccccc35)n2)cc1. The van der Waals surface area contributed by atoms with Crippen LogP contribution in [0.3, 0.4) is 0 Å². The van der Waals surface area contributed by atoms with Crippen LogP contribution in [0, 0.1) is 0 Å². The number of rotatable bonds is 7. The van der Waals surface area contributed by atoms with Crippen LogP contribution in [0.25, 0.3) is 117 Å². The average molecular weight is 794 g/mol. The molecule has 290 valence electrons. The summed E-state index contributed by atoms with van der Waals surface area (Å²) in [7, 11) is 0. The van der Waals surface area contributed by atoms with E-state index in [-0.39, 0.29) is 0 Å². The van der Waals surface area contributed by atoms with Crippen LogP contribution >= 0.6 is 0 Å². The molecular formula is C56H35N5O. The number of benzene rings is 8. The molecule has 0 spiro atoms. The zero-order chi connectivity index (χ0) is 41.0. The van der Waals surface area contributed by atoms with Gasteiger partial charge in [-0.2, -0.15) is 0 Å². The van der Waals surface area contributed by atoms with E-state index < -0.39 is 0 Å². The highest BCUT2D eigenvalue weighted by molar-refractivity contribution is 6.17. The maximum absolute atomic E-state index is 6.51. The smallest absolute Gasteiger partial charge is 0.167 e. The van der Waals surface area contributed by atoms with E-state index in [4.69, 9.17) is 24.4 Å². The summed E-state index contributed by atoms with van der Waals surface area (Å²) in [5.41, 5.74) is 12.6. The third-order valence-electron chi connectivity index (χ3n) is 11.7. The van der Waals surface area contributed by atoms with Gasteiger partial charge in [0.2, 0.25) is 0 Å². The van der Waals surface area contributed by atoms with Crippen molar-refractivity contribution in [2.24, 2.45) is 0 Å². The number of hydrogen-bond acceptors (Lipinski definition) is 5. The first-order valence-electron chi connectivity index (χ1n) is 20.7. The van der Waals surface area contributed by atoms with Crippen LogP contribution in [0.1, 0.15) is 0 Å². The van der Waals surface area contributed by atoms with Crippen LogP contribution in [-0.4, -0.2) is 24.5 Å². The van der Waals surface area contributed by atoms with Crippen LogP contribution in [0.2, 0.25) is 0 Å². The van der Waals surface area contributed by atoms with Crippen molar-refractivity contribution in [1.29, 1.82) is 0 Å². The summed E-state index contributed by atoms with van der Waals surface area (Å²) in [4.78, 5) is 21.2. The summed E-state index contributed by atoms with van der Waals surface area (Å²) in [6.45, 7) is 0. The molecule has 0 N–H and O–H groups in total. The normalized spacial score (nSPS) is 11.5. The van der Waals surface area contributed by atoms with Crippen molar-refractivity contribution in [2.75, 3.05) is 0 Å². The highest BCUT2D eigenvalue weighted by Gasteiger charge is 2.24. The first kappa shape index (κ1) is 35.5. The molecule has 4 heterocycles. The molecule has 4 aromatic heterocycles. The number of hydrogen-bond donors (Lipinski definition) is 0. The van der Waals surface area contributed by atoms with Gasteiger partial charge in [0, 0.05) is 50.5 Å². The molecule has 0 bridgehead atoms. The van der Waals surface area contributed by atoms with Gasteiger partial charge in [-0.3, -0.25) is 4.57 Å². The van der Waals surface area contributed by atoms with Crippen LogP contribution in [0.15, 0.2) is 217 Å². The van der Waals surface area contributed by atoms with Gasteiger partial charge in [0.05, 0.1) is 16.6 Å². The van der Waals surface area contributed by atoms with Gasteiger partial charge in [-0.1, -0.05) is 176 Å². The minimum absolute atomic E-state index is 0.510. The van der Waals surface area contributed by atoms with Crippen molar-refractivity contribution < 1.29 is 4.42 Å². The van der Waals surface area contributed by atoms with Crippen molar-refractivity contribution in [3.8, 4) is 73.4 Å². The van der Waals surface area contributed by atoms with E-state index in [0.29, 0.717) is 23.3 Å². The second-order valence-electron chi connectivity index (χ2n) is 15.4. The quantitative estimate of drug-likeness (QED) is 0.161. The van der Waals surface area contributed by atoms with E-state index in [0.717, 1.165) is 93.8 Å². The average Bonchev–Trinajstić information content (AvgIpc) is 3.88. The molecular weight excluding hydrogens is 759 g/mol. The third kappa shape index (κ3) is 5.96.